The van der Waals surface area contributed by atoms with E-state index in [-0.39, 0.29) is 6.61 Å². The van der Waals surface area contributed by atoms with Gasteiger partial charge < -0.3 is 10.0 Å². The maximum Gasteiger partial charge on any atom is 0.0828 e. The van der Waals surface area contributed by atoms with Gasteiger partial charge in [-0.3, -0.25) is 4.68 Å². The molecule has 26 heavy (non-hydrogen) atoms. The fraction of sp³-hybridized carbons (Fsp3) is 0.619. The highest BCUT2D eigenvalue weighted by atomic mass is 16.2. The van der Waals surface area contributed by atoms with Gasteiger partial charge in [-0.15, -0.1) is 5.10 Å². The molecule has 1 fully saturated rings. The Labute approximate surface area is 156 Å². The van der Waals surface area contributed by atoms with Crippen molar-refractivity contribution in [3.63, 3.8) is 0 Å². The van der Waals surface area contributed by atoms with Crippen LogP contribution in [-0.2, 0) is 25.8 Å². The number of aromatic nitrogens is 3. The number of likely N-dealkylation sites (tertiary alicyclic amines) is 1. The van der Waals surface area contributed by atoms with Crippen molar-refractivity contribution in [3.8, 4) is 0 Å². The van der Waals surface area contributed by atoms with Gasteiger partial charge in [-0.25, -0.2) is 0 Å². The first kappa shape index (κ1) is 17.7. The van der Waals surface area contributed by atoms with Crippen molar-refractivity contribution < 1.29 is 5.11 Å². The van der Waals surface area contributed by atoms with E-state index in [0.717, 1.165) is 31.1 Å². The van der Waals surface area contributed by atoms with E-state index in [1.165, 1.54) is 45.2 Å². The number of aliphatic hydroxyl groups is 1. The normalized spacial score (nSPS) is 21.7. The lowest BCUT2D eigenvalue weighted by Gasteiger charge is -2.39. The van der Waals surface area contributed by atoms with Gasteiger partial charge >= 0.3 is 0 Å². The molecule has 4 rings (SSSR count). The molecule has 0 amide bonds. The summed E-state index contributed by atoms with van der Waals surface area (Å²) in [5.74, 6) is 0.703. The Morgan fingerprint density at radius 3 is 2.69 bits per heavy atom. The largest absolute Gasteiger partial charge is 0.396 e. The van der Waals surface area contributed by atoms with Crippen molar-refractivity contribution in [3.05, 3.63) is 47.3 Å². The average Bonchev–Trinajstić information content (AvgIpc) is 3.14. The molecule has 0 radical (unpaired) electrons. The third-order valence-corrected chi connectivity index (χ3v) is 6.11. The Balaban J connectivity index is 1.26. The number of nitrogens with zero attached hydrogens (tertiary/aromatic N) is 4. The first-order valence-electron chi connectivity index (χ1n) is 10.1. The van der Waals surface area contributed by atoms with Crippen LogP contribution in [0.5, 0.6) is 0 Å². The van der Waals surface area contributed by atoms with Crippen LogP contribution >= 0.6 is 0 Å². The molecule has 1 aliphatic heterocycles. The summed E-state index contributed by atoms with van der Waals surface area (Å²) in [7, 11) is 0. The molecule has 1 aromatic carbocycles. The van der Waals surface area contributed by atoms with Gasteiger partial charge in [0.15, 0.2) is 0 Å². The minimum Gasteiger partial charge on any atom is -0.396 e. The van der Waals surface area contributed by atoms with Crippen molar-refractivity contribution in [1.29, 1.82) is 0 Å². The van der Waals surface area contributed by atoms with E-state index in [4.69, 9.17) is 5.11 Å². The molecular weight excluding hydrogens is 324 g/mol. The second kappa shape index (κ2) is 8.31. The topological polar surface area (TPSA) is 54.2 Å². The van der Waals surface area contributed by atoms with Crippen LogP contribution in [0.4, 0.5) is 0 Å². The van der Waals surface area contributed by atoms with Crippen LogP contribution in [0.15, 0.2) is 30.5 Å². The molecule has 1 atom stereocenters. The number of benzene rings is 1. The fourth-order valence-electron chi connectivity index (χ4n) is 4.56. The molecule has 2 aromatic rings. The summed E-state index contributed by atoms with van der Waals surface area (Å²) in [6.45, 7) is 3.62. The molecule has 2 aliphatic rings. The highest BCUT2D eigenvalue weighted by molar-refractivity contribution is 5.30. The van der Waals surface area contributed by atoms with Gasteiger partial charge in [0.05, 0.1) is 5.69 Å². The number of piperidine rings is 1. The average molecular weight is 354 g/mol. The zero-order chi connectivity index (χ0) is 17.8. The van der Waals surface area contributed by atoms with E-state index >= 15 is 0 Å². The first-order valence-corrected chi connectivity index (χ1v) is 10.1. The second-order valence-electron chi connectivity index (χ2n) is 7.90. The number of aryl methyl sites for hydroxylation is 2. The molecule has 1 N–H and O–H groups in total. The summed E-state index contributed by atoms with van der Waals surface area (Å²) in [4.78, 5) is 2.72. The Morgan fingerprint density at radius 2 is 1.88 bits per heavy atom. The van der Waals surface area contributed by atoms with Gasteiger partial charge in [-0.2, -0.15) is 0 Å². The third-order valence-electron chi connectivity index (χ3n) is 6.11. The minimum absolute atomic E-state index is 0.219. The molecule has 2 heterocycles. The Morgan fingerprint density at radius 1 is 1.08 bits per heavy atom. The molecule has 5 heteroatoms. The highest BCUT2D eigenvalue weighted by Gasteiger charge is 2.28. The van der Waals surface area contributed by atoms with Crippen LogP contribution in [0, 0.1) is 5.92 Å². The zero-order valence-corrected chi connectivity index (χ0v) is 15.6. The maximum atomic E-state index is 8.92. The number of aliphatic hydroxyl groups excluding tert-OH is 1. The predicted molar refractivity (Wildman–Crippen MR) is 102 cm³/mol. The van der Waals surface area contributed by atoms with Crippen molar-refractivity contribution in [2.24, 2.45) is 5.92 Å². The lowest BCUT2D eigenvalue weighted by atomic mass is 9.86. The summed E-state index contributed by atoms with van der Waals surface area (Å²) in [6, 6.07) is 9.69. The summed E-state index contributed by atoms with van der Waals surface area (Å²) < 4.78 is 2.00. The van der Waals surface area contributed by atoms with E-state index in [1.54, 1.807) is 11.1 Å². The molecule has 0 spiro atoms. The van der Waals surface area contributed by atoms with Crippen molar-refractivity contribution in [1.82, 2.24) is 19.9 Å². The van der Waals surface area contributed by atoms with Gasteiger partial charge in [-0.05, 0) is 75.1 Å². The molecule has 140 valence electrons. The predicted octanol–water partition coefficient (Wildman–Crippen LogP) is 2.47. The standard InChI is InChI=1S/C21H30N4O/c26-13-3-6-20-16-25(23-22-20)15-17-9-11-24(12-10-17)21-8-7-18-4-1-2-5-19(18)14-21/h1-2,4-5,16-17,21,26H,3,6-15H2/t21-/m1/s1. The van der Waals surface area contributed by atoms with E-state index < -0.39 is 0 Å². The molecule has 1 saturated heterocycles. The van der Waals surface area contributed by atoms with E-state index in [9.17, 15) is 0 Å². The van der Waals surface area contributed by atoms with E-state index in [1.807, 2.05) is 4.68 Å². The van der Waals surface area contributed by atoms with Crippen molar-refractivity contribution in [2.75, 3.05) is 19.7 Å². The van der Waals surface area contributed by atoms with Gasteiger partial charge in [0.2, 0.25) is 0 Å². The summed E-state index contributed by atoms with van der Waals surface area (Å²) in [5, 5.41) is 17.4. The third kappa shape index (κ3) is 4.15. The highest BCUT2D eigenvalue weighted by Crippen LogP contribution is 2.28. The summed E-state index contributed by atoms with van der Waals surface area (Å²) >= 11 is 0. The first-order chi connectivity index (χ1) is 12.8. The minimum atomic E-state index is 0.219. The number of fused-ring (bicyclic) bond motifs is 1. The van der Waals surface area contributed by atoms with Gasteiger partial charge in [0, 0.05) is 25.4 Å². The Kier molecular flexibility index (Phi) is 5.65. The van der Waals surface area contributed by atoms with Gasteiger partial charge in [0.1, 0.15) is 0 Å². The van der Waals surface area contributed by atoms with Crippen LogP contribution in [0.3, 0.4) is 0 Å². The molecule has 0 bridgehead atoms. The lowest BCUT2D eigenvalue weighted by Crippen LogP contribution is -2.44. The summed E-state index contributed by atoms with van der Waals surface area (Å²) in [5.41, 5.74) is 4.11. The Hall–Kier alpha value is -1.72. The molecule has 0 unspecified atom stereocenters. The lowest BCUT2D eigenvalue weighted by molar-refractivity contribution is 0.114. The molecule has 1 aliphatic carbocycles. The molecule has 1 aromatic heterocycles. The van der Waals surface area contributed by atoms with E-state index in [2.05, 4.69) is 45.7 Å². The molecular formula is C21H30N4O. The van der Waals surface area contributed by atoms with Gasteiger partial charge in [-0.1, -0.05) is 29.5 Å². The smallest absolute Gasteiger partial charge is 0.0828 e. The van der Waals surface area contributed by atoms with Crippen LogP contribution in [0.25, 0.3) is 0 Å². The number of hydrogen-bond donors (Lipinski definition) is 1. The quantitative estimate of drug-likeness (QED) is 0.866. The van der Waals surface area contributed by atoms with Crippen LogP contribution in [-0.4, -0.2) is 50.7 Å². The van der Waals surface area contributed by atoms with Crippen molar-refractivity contribution in [2.45, 2.75) is 57.5 Å². The Bertz CT molecular complexity index is 706. The van der Waals surface area contributed by atoms with E-state index in [0.29, 0.717) is 5.92 Å². The maximum absolute atomic E-state index is 8.92. The monoisotopic (exact) mass is 354 g/mol. The SMILES string of the molecule is OCCCc1cn(CC2CCN([C@@H]3CCc4ccccc4C3)CC2)nn1. The summed E-state index contributed by atoms with van der Waals surface area (Å²) in [6.07, 6.45) is 9.90. The van der Waals surface area contributed by atoms with Crippen LogP contribution in [0.1, 0.15) is 42.5 Å². The zero-order valence-electron chi connectivity index (χ0n) is 15.6. The van der Waals surface area contributed by atoms with Crippen LogP contribution < -0.4 is 0 Å². The van der Waals surface area contributed by atoms with Crippen molar-refractivity contribution >= 4 is 0 Å². The molecule has 0 saturated carbocycles. The van der Waals surface area contributed by atoms with Crippen LogP contribution in [0.2, 0.25) is 0 Å². The number of rotatable bonds is 6. The number of hydrogen-bond acceptors (Lipinski definition) is 4. The molecule has 5 nitrogen and oxygen atoms in total. The second-order valence-corrected chi connectivity index (χ2v) is 7.90. The van der Waals surface area contributed by atoms with Gasteiger partial charge in [0.25, 0.3) is 0 Å². The fourth-order valence-corrected chi connectivity index (χ4v) is 4.56.